The van der Waals surface area contributed by atoms with Crippen molar-refractivity contribution >= 4 is 11.9 Å². The number of carbonyl (C=O) groups is 2. The molecule has 0 aliphatic heterocycles. The van der Waals surface area contributed by atoms with E-state index < -0.39 is 11.5 Å². The third-order valence-electron chi connectivity index (χ3n) is 4.43. The Kier molecular flexibility index (Phi) is 5.62. The van der Waals surface area contributed by atoms with E-state index in [2.05, 4.69) is 15.5 Å². The first-order chi connectivity index (χ1) is 11.2. The van der Waals surface area contributed by atoms with Crippen LogP contribution < -0.4 is 5.32 Å². The van der Waals surface area contributed by atoms with Crippen molar-refractivity contribution in [2.45, 2.75) is 83.1 Å². The summed E-state index contributed by atoms with van der Waals surface area (Å²) in [6.07, 6.45) is 5.03. The molecule has 0 atom stereocenters. The van der Waals surface area contributed by atoms with Gasteiger partial charge < -0.3 is 14.9 Å². The van der Waals surface area contributed by atoms with Crippen molar-refractivity contribution in [3.63, 3.8) is 0 Å². The SMILES string of the molecule is CC(C)(C)c1noc(CCCC(=O)NC2(C(=O)O)CCCCC2)n1. The summed E-state index contributed by atoms with van der Waals surface area (Å²) in [6.45, 7) is 6.01. The molecule has 2 N–H and O–H groups in total. The number of aryl methyl sites for hydroxylation is 1. The van der Waals surface area contributed by atoms with Crippen LogP contribution in [0.3, 0.4) is 0 Å². The molecule has 7 heteroatoms. The summed E-state index contributed by atoms with van der Waals surface area (Å²) in [5.41, 5.74) is -1.26. The number of amides is 1. The lowest BCUT2D eigenvalue weighted by Gasteiger charge is -2.34. The van der Waals surface area contributed by atoms with Crippen molar-refractivity contribution in [2.75, 3.05) is 0 Å². The molecule has 0 spiro atoms. The van der Waals surface area contributed by atoms with E-state index >= 15 is 0 Å². The fourth-order valence-corrected chi connectivity index (χ4v) is 2.94. The molecule has 0 unspecified atom stereocenters. The Morgan fingerprint density at radius 3 is 2.46 bits per heavy atom. The van der Waals surface area contributed by atoms with Gasteiger partial charge in [-0.05, 0) is 19.3 Å². The zero-order valence-corrected chi connectivity index (χ0v) is 14.7. The Morgan fingerprint density at radius 2 is 1.92 bits per heavy atom. The predicted molar refractivity (Wildman–Crippen MR) is 87.5 cm³/mol. The number of nitrogens with one attached hydrogen (secondary N) is 1. The Labute approximate surface area is 142 Å². The van der Waals surface area contributed by atoms with Gasteiger partial charge in [0.25, 0.3) is 0 Å². The van der Waals surface area contributed by atoms with Gasteiger partial charge in [-0.15, -0.1) is 0 Å². The highest BCUT2D eigenvalue weighted by atomic mass is 16.5. The summed E-state index contributed by atoms with van der Waals surface area (Å²) in [6, 6.07) is 0. The first-order valence-corrected chi connectivity index (χ1v) is 8.60. The van der Waals surface area contributed by atoms with Gasteiger partial charge in [-0.2, -0.15) is 4.98 Å². The third kappa shape index (κ3) is 4.55. The van der Waals surface area contributed by atoms with Crippen molar-refractivity contribution < 1.29 is 19.2 Å². The smallest absolute Gasteiger partial charge is 0.329 e. The molecule has 0 bridgehead atoms. The molecule has 1 heterocycles. The summed E-state index contributed by atoms with van der Waals surface area (Å²) in [5.74, 6) is 0.00413. The molecule has 1 aromatic rings. The number of carboxylic acids is 1. The first kappa shape index (κ1) is 18.4. The van der Waals surface area contributed by atoms with E-state index in [1.165, 1.54) is 0 Å². The van der Waals surface area contributed by atoms with Crippen molar-refractivity contribution in [2.24, 2.45) is 0 Å². The Hall–Kier alpha value is -1.92. The standard InChI is InChI=1S/C17H27N3O4/c1-16(2,3)14-18-13(24-20-14)9-7-8-12(21)19-17(15(22)23)10-5-4-6-11-17/h4-11H2,1-3H3,(H,19,21)(H,22,23). The second kappa shape index (κ2) is 7.32. The molecule has 2 rings (SSSR count). The van der Waals surface area contributed by atoms with Crippen LogP contribution in [-0.4, -0.2) is 32.7 Å². The number of rotatable bonds is 6. The summed E-state index contributed by atoms with van der Waals surface area (Å²) < 4.78 is 5.19. The molecule has 1 amide bonds. The van der Waals surface area contributed by atoms with Gasteiger partial charge in [0.05, 0.1) is 0 Å². The van der Waals surface area contributed by atoms with E-state index in [-0.39, 0.29) is 17.7 Å². The van der Waals surface area contributed by atoms with Crippen LogP contribution in [0.2, 0.25) is 0 Å². The maximum atomic E-state index is 12.1. The van der Waals surface area contributed by atoms with Crippen LogP contribution in [0, 0.1) is 0 Å². The minimum absolute atomic E-state index is 0.173. The van der Waals surface area contributed by atoms with Crippen LogP contribution in [0.15, 0.2) is 4.52 Å². The van der Waals surface area contributed by atoms with E-state index in [0.717, 1.165) is 19.3 Å². The largest absolute Gasteiger partial charge is 0.480 e. The molecule has 0 aromatic carbocycles. The minimum atomic E-state index is -1.08. The van der Waals surface area contributed by atoms with Crippen LogP contribution in [0.4, 0.5) is 0 Å². The molecule has 7 nitrogen and oxygen atoms in total. The third-order valence-corrected chi connectivity index (χ3v) is 4.43. The Balaban J connectivity index is 1.82. The van der Waals surface area contributed by atoms with Crippen molar-refractivity contribution in [3.05, 3.63) is 11.7 Å². The quantitative estimate of drug-likeness (QED) is 0.826. The van der Waals surface area contributed by atoms with Crippen LogP contribution in [-0.2, 0) is 21.4 Å². The number of aliphatic carboxylic acids is 1. The monoisotopic (exact) mass is 337 g/mol. The predicted octanol–water partition coefficient (Wildman–Crippen LogP) is 2.59. The van der Waals surface area contributed by atoms with E-state index in [4.69, 9.17) is 4.52 Å². The fraction of sp³-hybridized carbons (Fsp3) is 0.765. The summed E-state index contributed by atoms with van der Waals surface area (Å²) in [7, 11) is 0. The molecule has 1 aliphatic carbocycles. The number of carbonyl (C=O) groups excluding carboxylic acids is 1. The number of nitrogens with zero attached hydrogens (tertiary/aromatic N) is 2. The van der Waals surface area contributed by atoms with Crippen LogP contribution in [0.5, 0.6) is 0 Å². The van der Waals surface area contributed by atoms with Gasteiger partial charge in [-0.1, -0.05) is 45.2 Å². The van der Waals surface area contributed by atoms with Crippen molar-refractivity contribution in [1.29, 1.82) is 0 Å². The van der Waals surface area contributed by atoms with E-state index in [0.29, 0.717) is 37.4 Å². The highest BCUT2D eigenvalue weighted by Crippen LogP contribution is 2.28. The second-order valence-electron chi connectivity index (χ2n) is 7.61. The molecule has 0 saturated heterocycles. The summed E-state index contributed by atoms with van der Waals surface area (Å²) >= 11 is 0. The molecule has 1 aromatic heterocycles. The molecule has 24 heavy (non-hydrogen) atoms. The van der Waals surface area contributed by atoms with Gasteiger partial charge in [0.15, 0.2) is 5.82 Å². The van der Waals surface area contributed by atoms with Gasteiger partial charge >= 0.3 is 5.97 Å². The highest BCUT2D eigenvalue weighted by molar-refractivity contribution is 5.87. The lowest BCUT2D eigenvalue weighted by atomic mass is 9.81. The number of aromatic nitrogens is 2. The second-order valence-corrected chi connectivity index (χ2v) is 7.61. The zero-order chi connectivity index (χ0) is 17.8. The van der Waals surface area contributed by atoms with Gasteiger partial charge in [0.1, 0.15) is 5.54 Å². The highest BCUT2D eigenvalue weighted by Gasteiger charge is 2.40. The van der Waals surface area contributed by atoms with Gasteiger partial charge in [-0.3, -0.25) is 4.79 Å². The van der Waals surface area contributed by atoms with Crippen LogP contribution in [0.1, 0.15) is 77.4 Å². The molecular weight excluding hydrogens is 310 g/mol. The average molecular weight is 337 g/mol. The van der Waals surface area contributed by atoms with Crippen molar-refractivity contribution in [3.8, 4) is 0 Å². The van der Waals surface area contributed by atoms with Crippen LogP contribution >= 0.6 is 0 Å². The summed E-state index contributed by atoms with van der Waals surface area (Å²) in [4.78, 5) is 28.0. The van der Waals surface area contributed by atoms with Crippen LogP contribution in [0.25, 0.3) is 0 Å². The maximum Gasteiger partial charge on any atom is 0.329 e. The number of carboxylic acid groups (broad SMARTS) is 1. The summed E-state index contributed by atoms with van der Waals surface area (Å²) in [5, 5.41) is 16.2. The Bertz CT molecular complexity index is 583. The van der Waals surface area contributed by atoms with Crippen molar-refractivity contribution in [1.82, 2.24) is 15.5 Å². The topological polar surface area (TPSA) is 105 Å². The lowest BCUT2D eigenvalue weighted by Crippen LogP contribution is -2.55. The Morgan fingerprint density at radius 1 is 1.25 bits per heavy atom. The van der Waals surface area contributed by atoms with Gasteiger partial charge in [-0.25, -0.2) is 4.79 Å². The average Bonchev–Trinajstić information content (AvgIpc) is 2.97. The molecule has 1 fully saturated rings. The maximum absolute atomic E-state index is 12.1. The van der Waals surface area contributed by atoms with Gasteiger partial charge in [0, 0.05) is 18.3 Å². The van der Waals surface area contributed by atoms with E-state index in [1.54, 1.807) is 0 Å². The molecule has 1 aliphatic rings. The molecule has 0 radical (unpaired) electrons. The molecular formula is C17H27N3O4. The minimum Gasteiger partial charge on any atom is -0.480 e. The lowest BCUT2D eigenvalue weighted by molar-refractivity contribution is -0.149. The van der Waals surface area contributed by atoms with Gasteiger partial charge in [0.2, 0.25) is 11.8 Å². The number of hydrogen-bond acceptors (Lipinski definition) is 5. The molecule has 1 saturated carbocycles. The normalized spacial score (nSPS) is 17.5. The van der Waals surface area contributed by atoms with E-state index in [9.17, 15) is 14.7 Å². The number of hydrogen-bond donors (Lipinski definition) is 2. The first-order valence-electron chi connectivity index (χ1n) is 8.60. The fourth-order valence-electron chi connectivity index (χ4n) is 2.94. The zero-order valence-electron chi connectivity index (χ0n) is 14.7. The van der Waals surface area contributed by atoms with E-state index in [1.807, 2.05) is 20.8 Å². The molecule has 134 valence electrons.